The second kappa shape index (κ2) is 19.1. The second-order valence-electron chi connectivity index (χ2n) is 26.0. The van der Waals surface area contributed by atoms with Crippen LogP contribution < -0.4 is 35.7 Å². The summed E-state index contributed by atoms with van der Waals surface area (Å²) in [6.07, 6.45) is 0. The van der Waals surface area contributed by atoms with Gasteiger partial charge in [0.15, 0.2) is 0 Å². The number of aromatic nitrogens is 2. The molecule has 2 aliphatic carbocycles. The first-order chi connectivity index (χ1) is 44.6. The maximum absolute atomic E-state index is 7.08. The maximum atomic E-state index is 7.08. The van der Waals surface area contributed by atoms with Crippen molar-refractivity contribution in [2.75, 3.05) is 9.80 Å². The van der Waals surface area contributed by atoms with Gasteiger partial charge in [0.05, 0.1) is 22.1 Å². The average Bonchev–Trinajstić information content (AvgIpc) is 1.70. The molecule has 6 nitrogen and oxygen atoms in total. The molecule has 4 heterocycles. The molecular formula is C84H59BN4O2. The summed E-state index contributed by atoms with van der Waals surface area (Å²) in [5, 5.41) is 4.87. The van der Waals surface area contributed by atoms with Crippen LogP contribution in [-0.2, 0) is 10.8 Å². The van der Waals surface area contributed by atoms with Crippen molar-refractivity contribution in [2.24, 2.45) is 0 Å². The molecule has 2 aliphatic heterocycles. The van der Waals surface area contributed by atoms with E-state index in [9.17, 15) is 0 Å². The van der Waals surface area contributed by atoms with Crippen LogP contribution in [0.4, 0.5) is 34.1 Å². The lowest BCUT2D eigenvalue weighted by atomic mass is 9.34. The van der Waals surface area contributed by atoms with Gasteiger partial charge in [-0.2, -0.15) is 0 Å². The van der Waals surface area contributed by atoms with Crippen LogP contribution in [0.5, 0.6) is 23.0 Å². The molecule has 0 fully saturated rings. The molecule has 0 radical (unpaired) electrons. The summed E-state index contributed by atoms with van der Waals surface area (Å²) in [4.78, 5) is 4.84. The molecule has 7 heteroatoms. The van der Waals surface area contributed by atoms with Crippen molar-refractivity contribution in [3.63, 3.8) is 0 Å². The van der Waals surface area contributed by atoms with E-state index in [1.54, 1.807) is 0 Å². The highest BCUT2D eigenvalue weighted by molar-refractivity contribution is 6.98. The Morgan fingerprint density at radius 2 is 0.648 bits per heavy atom. The number of rotatable bonds is 8. The minimum atomic E-state index is -0.349. The largest absolute Gasteiger partial charge is 0.458 e. The molecule has 0 N–H and O–H groups in total. The van der Waals surface area contributed by atoms with Crippen LogP contribution in [0.3, 0.4) is 0 Å². The minimum Gasteiger partial charge on any atom is -0.458 e. The zero-order valence-electron chi connectivity index (χ0n) is 50.8. The van der Waals surface area contributed by atoms with E-state index in [4.69, 9.17) is 9.47 Å². The van der Waals surface area contributed by atoms with E-state index in [2.05, 4.69) is 332 Å². The SMILES string of the molecule is CC1(C)c2cc(N(c3ccccc3)c3ccc4c(c3)c3ccccc3n4-c3ccccc3)ccc2-c2cc3c(cc21)B1c2cc4c(cc2Oc2cccc(c21)O3)-c1ccc(N(c2ccccc2)c2ccc3c(c2)c2ccccc2n3-c2ccccc2)cc1C4(C)C. The molecular weight excluding hydrogens is 1110 g/mol. The van der Waals surface area contributed by atoms with Crippen molar-refractivity contribution in [3.05, 3.63) is 307 Å². The first-order valence-electron chi connectivity index (χ1n) is 31.7. The van der Waals surface area contributed by atoms with Crippen LogP contribution in [0.1, 0.15) is 49.9 Å². The van der Waals surface area contributed by atoms with Crippen molar-refractivity contribution >= 4 is 101 Å². The summed E-state index contributed by atoms with van der Waals surface area (Å²) in [5.41, 5.74) is 26.4. The Kier molecular flexibility index (Phi) is 10.9. The van der Waals surface area contributed by atoms with Crippen LogP contribution in [0.15, 0.2) is 285 Å². The Bertz CT molecular complexity index is 5220. The number of anilines is 6. The first-order valence-corrected chi connectivity index (χ1v) is 31.7. The van der Waals surface area contributed by atoms with Crippen molar-refractivity contribution in [3.8, 4) is 56.6 Å². The summed E-state index contributed by atoms with van der Waals surface area (Å²) in [6, 6.07) is 105. The smallest absolute Gasteiger partial charge is 0.260 e. The monoisotopic (exact) mass is 1170 g/mol. The maximum Gasteiger partial charge on any atom is 0.260 e. The van der Waals surface area contributed by atoms with Gasteiger partial charge in [-0.3, -0.25) is 0 Å². The summed E-state index contributed by atoms with van der Waals surface area (Å²) in [6.45, 7) is 9.47. The van der Waals surface area contributed by atoms with Gasteiger partial charge in [-0.05, 0) is 201 Å². The number of hydrogen-bond donors (Lipinski definition) is 0. The third-order valence-electron chi connectivity index (χ3n) is 20.4. The Balaban J connectivity index is 0.704. The van der Waals surface area contributed by atoms with E-state index >= 15 is 0 Å². The van der Waals surface area contributed by atoms with Crippen molar-refractivity contribution in [1.82, 2.24) is 9.13 Å². The van der Waals surface area contributed by atoms with E-state index in [0.717, 1.165) is 84.9 Å². The van der Waals surface area contributed by atoms with Crippen LogP contribution in [0.2, 0.25) is 0 Å². The zero-order valence-corrected chi connectivity index (χ0v) is 50.8. The Morgan fingerprint density at radius 1 is 0.286 bits per heavy atom. The van der Waals surface area contributed by atoms with E-state index < -0.39 is 0 Å². The van der Waals surface area contributed by atoms with Crippen LogP contribution in [0, 0.1) is 0 Å². The lowest BCUT2D eigenvalue weighted by Crippen LogP contribution is -2.57. The summed E-state index contributed by atoms with van der Waals surface area (Å²) in [5.74, 6) is 3.46. The van der Waals surface area contributed by atoms with Gasteiger partial charge in [0.1, 0.15) is 23.0 Å². The Labute approximate surface area is 528 Å². The Hall–Kier alpha value is -11.3. The van der Waals surface area contributed by atoms with Gasteiger partial charge < -0.3 is 28.4 Å². The molecule has 15 aromatic rings. The standard InChI is InChI=1S/C84H59BN4O2/c1-83(2)68-46-58(86(52-22-9-5-10-23-52)56-38-42-76-66(44-56)62-30-17-19-32-74(62)88(76)54-26-13-7-14-27-54)36-40-60(68)64-48-80-72(50-70(64)83)85-73-51-71-65(49-81(73)91-79-35-21-34-78(90-80)82(79)85)61-41-37-59(47-69(61)84(71,3)4)87(53-24-11-6-12-25-53)57-39-43-77-67(45-57)63-31-18-20-33-75(63)89(77)55-28-15-8-16-29-55/h5-51H,1-4H3. The molecule has 0 saturated heterocycles. The van der Waals surface area contributed by atoms with E-state index in [1.807, 2.05) is 0 Å². The quantitative estimate of drug-likeness (QED) is 0.142. The fraction of sp³-hybridized carbons (Fsp3) is 0.0714. The fourth-order valence-corrected chi connectivity index (χ4v) is 16.1. The lowest BCUT2D eigenvalue weighted by Gasteiger charge is -2.35. The molecule has 0 spiro atoms. The van der Waals surface area contributed by atoms with Gasteiger partial charge in [0.25, 0.3) is 6.71 Å². The molecule has 0 atom stereocenters. The van der Waals surface area contributed by atoms with Gasteiger partial charge in [-0.25, -0.2) is 0 Å². The van der Waals surface area contributed by atoms with Gasteiger partial charge in [0, 0.05) is 83.3 Å². The average molecular weight is 1170 g/mol. The van der Waals surface area contributed by atoms with Crippen molar-refractivity contribution in [2.45, 2.75) is 38.5 Å². The third-order valence-corrected chi connectivity index (χ3v) is 20.4. The number of benzene rings is 13. The number of nitrogens with zero attached hydrogens (tertiary/aromatic N) is 4. The van der Waals surface area contributed by atoms with Crippen LogP contribution in [-0.4, -0.2) is 15.8 Å². The minimum absolute atomic E-state index is 0.118. The fourth-order valence-electron chi connectivity index (χ4n) is 16.1. The highest BCUT2D eigenvalue weighted by Crippen LogP contribution is 2.55. The molecule has 430 valence electrons. The predicted molar refractivity (Wildman–Crippen MR) is 377 cm³/mol. The van der Waals surface area contributed by atoms with Crippen LogP contribution >= 0.6 is 0 Å². The molecule has 4 aliphatic rings. The molecule has 91 heavy (non-hydrogen) atoms. The normalized spacial score (nSPS) is 14.0. The van der Waals surface area contributed by atoms with Gasteiger partial charge in [0.2, 0.25) is 0 Å². The molecule has 0 unspecified atom stereocenters. The van der Waals surface area contributed by atoms with E-state index in [1.165, 1.54) is 88.1 Å². The van der Waals surface area contributed by atoms with Crippen LogP contribution in [0.25, 0.3) is 77.2 Å². The van der Waals surface area contributed by atoms with E-state index in [0.29, 0.717) is 0 Å². The lowest BCUT2D eigenvalue weighted by molar-refractivity contribution is 0.464. The first kappa shape index (κ1) is 51.7. The van der Waals surface area contributed by atoms with E-state index in [-0.39, 0.29) is 17.5 Å². The predicted octanol–water partition coefficient (Wildman–Crippen LogP) is 20.2. The molecule has 0 bridgehead atoms. The van der Waals surface area contributed by atoms with Crippen molar-refractivity contribution < 1.29 is 9.47 Å². The molecule has 13 aromatic carbocycles. The molecule has 0 amide bonds. The topological polar surface area (TPSA) is 34.8 Å². The second-order valence-corrected chi connectivity index (χ2v) is 26.0. The molecule has 2 aromatic heterocycles. The number of fused-ring (bicyclic) bond motifs is 16. The molecule has 19 rings (SSSR count). The third kappa shape index (κ3) is 7.49. The highest BCUT2D eigenvalue weighted by Gasteiger charge is 2.46. The summed E-state index contributed by atoms with van der Waals surface area (Å²) >= 11 is 0. The number of para-hydroxylation sites is 6. The number of ether oxygens (including phenoxy) is 2. The Morgan fingerprint density at radius 3 is 1.09 bits per heavy atom. The number of hydrogen-bond acceptors (Lipinski definition) is 4. The summed E-state index contributed by atoms with van der Waals surface area (Å²) < 4.78 is 18.9. The summed E-state index contributed by atoms with van der Waals surface area (Å²) in [7, 11) is 0. The van der Waals surface area contributed by atoms with Gasteiger partial charge in [-0.15, -0.1) is 0 Å². The zero-order chi connectivity index (χ0) is 60.4. The van der Waals surface area contributed by atoms with Gasteiger partial charge in [-0.1, -0.05) is 167 Å². The van der Waals surface area contributed by atoms with Gasteiger partial charge >= 0.3 is 0 Å². The highest BCUT2D eigenvalue weighted by atomic mass is 16.5. The molecule has 0 saturated carbocycles. The van der Waals surface area contributed by atoms with Crippen molar-refractivity contribution in [1.29, 1.82) is 0 Å².